The lowest BCUT2D eigenvalue weighted by molar-refractivity contribution is -0.137. The number of rotatable bonds is 5. The second-order valence-electron chi connectivity index (χ2n) is 5.41. The van der Waals surface area contributed by atoms with Gasteiger partial charge in [0.2, 0.25) is 0 Å². The summed E-state index contributed by atoms with van der Waals surface area (Å²) in [6.45, 7) is 3.85. The zero-order valence-electron chi connectivity index (χ0n) is 12.7. The molecule has 0 aliphatic heterocycles. The molecular formula is C18H19NO3. The Morgan fingerprint density at radius 3 is 2.18 bits per heavy atom. The molecule has 114 valence electrons. The first-order chi connectivity index (χ1) is 10.5. The van der Waals surface area contributed by atoms with Crippen molar-refractivity contribution in [3.8, 4) is 0 Å². The number of aliphatic carboxylic acids is 1. The number of carbonyl (C=O) groups is 2. The number of aryl methyl sites for hydroxylation is 2. The maximum absolute atomic E-state index is 12.4. The molecule has 22 heavy (non-hydrogen) atoms. The average molecular weight is 297 g/mol. The first kappa shape index (κ1) is 15.8. The van der Waals surface area contributed by atoms with E-state index in [-0.39, 0.29) is 12.3 Å². The van der Waals surface area contributed by atoms with Crippen molar-refractivity contribution >= 4 is 11.9 Å². The van der Waals surface area contributed by atoms with E-state index in [2.05, 4.69) is 5.32 Å². The number of hydrogen-bond donors (Lipinski definition) is 2. The van der Waals surface area contributed by atoms with E-state index in [0.29, 0.717) is 5.56 Å². The molecule has 2 rings (SSSR count). The van der Waals surface area contributed by atoms with E-state index in [0.717, 1.165) is 16.7 Å². The summed E-state index contributed by atoms with van der Waals surface area (Å²) < 4.78 is 0. The Morgan fingerprint density at radius 1 is 1.05 bits per heavy atom. The first-order valence-electron chi connectivity index (χ1n) is 7.11. The van der Waals surface area contributed by atoms with Gasteiger partial charge >= 0.3 is 5.97 Å². The van der Waals surface area contributed by atoms with Gasteiger partial charge in [-0.3, -0.25) is 9.59 Å². The summed E-state index contributed by atoms with van der Waals surface area (Å²) in [5, 5.41) is 11.9. The molecule has 0 saturated heterocycles. The molecule has 4 nitrogen and oxygen atoms in total. The van der Waals surface area contributed by atoms with Gasteiger partial charge in [0, 0.05) is 5.56 Å². The molecule has 2 aromatic carbocycles. The van der Waals surface area contributed by atoms with Crippen LogP contribution in [0.2, 0.25) is 0 Å². The van der Waals surface area contributed by atoms with Crippen molar-refractivity contribution in [2.24, 2.45) is 0 Å². The Morgan fingerprint density at radius 2 is 1.64 bits per heavy atom. The molecule has 0 aliphatic carbocycles. The number of nitrogens with one attached hydrogen (secondary N) is 1. The third kappa shape index (κ3) is 4.19. The van der Waals surface area contributed by atoms with Gasteiger partial charge in [-0.1, -0.05) is 47.5 Å². The van der Waals surface area contributed by atoms with Crippen LogP contribution in [0, 0.1) is 13.8 Å². The van der Waals surface area contributed by atoms with Gasteiger partial charge in [-0.15, -0.1) is 0 Å². The molecule has 4 heteroatoms. The van der Waals surface area contributed by atoms with Gasteiger partial charge in [0.15, 0.2) is 0 Å². The highest BCUT2D eigenvalue weighted by molar-refractivity contribution is 5.95. The molecule has 0 radical (unpaired) electrons. The summed E-state index contributed by atoms with van der Waals surface area (Å²) in [5.41, 5.74) is 3.32. The Balaban J connectivity index is 2.23. The minimum absolute atomic E-state index is 0.152. The summed E-state index contributed by atoms with van der Waals surface area (Å²) in [6.07, 6.45) is -0.152. The Bertz CT molecular complexity index is 660. The second kappa shape index (κ2) is 6.89. The molecule has 1 amide bonds. The molecule has 0 fully saturated rings. The molecule has 0 heterocycles. The van der Waals surface area contributed by atoms with Crippen molar-refractivity contribution in [1.29, 1.82) is 0 Å². The maximum Gasteiger partial charge on any atom is 0.305 e. The standard InChI is InChI=1S/C18H19NO3/c1-12-8-13(2)10-15(9-12)18(22)19-16(11-17(20)21)14-6-4-3-5-7-14/h3-10,16H,11H2,1-2H3,(H,19,22)(H,20,21). The molecule has 0 aliphatic rings. The van der Waals surface area contributed by atoms with Crippen LogP contribution in [0.4, 0.5) is 0 Å². The molecule has 1 atom stereocenters. The normalized spacial score (nSPS) is 11.7. The Kier molecular flexibility index (Phi) is 4.94. The van der Waals surface area contributed by atoms with Gasteiger partial charge < -0.3 is 10.4 Å². The molecule has 0 aromatic heterocycles. The molecule has 2 aromatic rings. The highest BCUT2D eigenvalue weighted by atomic mass is 16.4. The lowest BCUT2D eigenvalue weighted by Crippen LogP contribution is -2.30. The third-order valence-electron chi connectivity index (χ3n) is 3.37. The maximum atomic E-state index is 12.4. The van der Waals surface area contributed by atoms with Crippen LogP contribution in [0.25, 0.3) is 0 Å². The molecule has 1 unspecified atom stereocenters. The number of amides is 1. The van der Waals surface area contributed by atoms with E-state index < -0.39 is 12.0 Å². The Labute approximate surface area is 129 Å². The highest BCUT2D eigenvalue weighted by Gasteiger charge is 2.19. The van der Waals surface area contributed by atoms with Gasteiger partial charge in [-0.05, 0) is 31.5 Å². The van der Waals surface area contributed by atoms with Gasteiger partial charge in [0.25, 0.3) is 5.91 Å². The van der Waals surface area contributed by atoms with E-state index in [9.17, 15) is 9.59 Å². The minimum Gasteiger partial charge on any atom is -0.481 e. The minimum atomic E-state index is -0.949. The van der Waals surface area contributed by atoms with Gasteiger partial charge in [0.1, 0.15) is 0 Å². The van der Waals surface area contributed by atoms with Crippen molar-refractivity contribution < 1.29 is 14.7 Å². The van der Waals surface area contributed by atoms with Crippen LogP contribution >= 0.6 is 0 Å². The fourth-order valence-electron chi connectivity index (χ4n) is 2.46. The topological polar surface area (TPSA) is 66.4 Å². The molecule has 0 spiro atoms. The molecule has 2 N–H and O–H groups in total. The van der Waals surface area contributed by atoms with E-state index in [4.69, 9.17) is 5.11 Å². The predicted molar refractivity (Wildman–Crippen MR) is 84.8 cm³/mol. The van der Waals surface area contributed by atoms with Gasteiger partial charge in [0.05, 0.1) is 12.5 Å². The number of carboxylic acid groups (broad SMARTS) is 1. The monoisotopic (exact) mass is 297 g/mol. The quantitative estimate of drug-likeness (QED) is 0.890. The van der Waals surface area contributed by atoms with Crippen molar-refractivity contribution in [2.45, 2.75) is 26.3 Å². The van der Waals surface area contributed by atoms with Crippen LogP contribution < -0.4 is 5.32 Å². The summed E-state index contributed by atoms with van der Waals surface area (Å²) in [4.78, 5) is 23.5. The smallest absolute Gasteiger partial charge is 0.305 e. The summed E-state index contributed by atoms with van der Waals surface area (Å²) in [5.74, 6) is -1.21. The van der Waals surface area contributed by atoms with Crippen molar-refractivity contribution in [3.05, 3.63) is 70.8 Å². The lowest BCUT2D eigenvalue weighted by Gasteiger charge is -2.18. The van der Waals surface area contributed by atoms with Crippen LogP contribution in [-0.2, 0) is 4.79 Å². The van der Waals surface area contributed by atoms with Crippen molar-refractivity contribution in [2.75, 3.05) is 0 Å². The largest absolute Gasteiger partial charge is 0.481 e. The van der Waals surface area contributed by atoms with Crippen molar-refractivity contribution in [1.82, 2.24) is 5.32 Å². The zero-order chi connectivity index (χ0) is 16.1. The van der Waals surface area contributed by atoms with Crippen LogP contribution in [0.3, 0.4) is 0 Å². The summed E-state index contributed by atoms with van der Waals surface area (Å²) >= 11 is 0. The summed E-state index contributed by atoms with van der Waals surface area (Å²) in [6, 6.07) is 14.2. The fraction of sp³-hybridized carbons (Fsp3) is 0.222. The number of benzene rings is 2. The zero-order valence-corrected chi connectivity index (χ0v) is 12.7. The predicted octanol–water partition coefficient (Wildman–Crippen LogP) is 3.25. The van der Waals surface area contributed by atoms with E-state index in [1.165, 1.54) is 0 Å². The van der Waals surface area contributed by atoms with Crippen LogP contribution in [0.1, 0.15) is 39.5 Å². The van der Waals surface area contributed by atoms with Gasteiger partial charge in [-0.25, -0.2) is 0 Å². The van der Waals surface area contributed by atoms with E-state index in [1.807, 2.05) is 50.2 Å². The summed E-state index contributed by atoms with van der Waals surface area (Å²) in [7, 11) is 0. The molecule has 0 bridgehead atoms. The van der Waals surface area contributed by atoms with Crippen LogP contribution in [0.15, 0.2) is 48.5 Å². The average Bonchev–Trinajstić information content (AvgIpc) is 2.46. The first-order valence-corrected chi connectivity index (χ1v) is 7.11. The van der Waals surface area contributed by atoms with E-state index in [1.54, 1.807) is 12.1 Å². The van der Waals surface area contributed by atoms with Crippen LogP contribution in [0.5, 0.6) is 0 Å². The SMILES string of the molecule is Cc1cc(C)cc(C(=O)NC(CC(=O)O)c2ccccc2)c1. The van der Waals surface area contributed by atoms with Crippen molar-refractivity contribution in [3.63, 3.8) is 0 Å². The fourth-order valence-corrected chi connectivity index (χ4v) is 2.46. The van der Waals surface area contributed by atoms with Gasteiger partial charge in [-0.2, -0.15) is 0 Å². The van der Waals surface area contributed by atoms with Crippen LogP contribution in [-0.4, -0.2) is 17.0 Å². The number of carbonyl (C=O) groups excluding carboxylic acids is 1. The molecular weight excluding hydrogens is 278 g/mol. The Hall–Kier alpha value is -2.62. The molecule has 0 saturated carbocycles. The van der Waals surface area contributed by atoms with E-state index >= 15 is 0 Å². The third-order valence-corrected chi connectivity index (χ3v) is 3.37. The second-order valence-corrected chi connectivity index (χ2v) is 5.41. The highest BCUT2D eigenvalue weighted by Crippen LogP contribution is 2.18. The lowest BCUT2D eigenvalue weighted by atomic mass is 10.0. The number of carboxylic acids is 1. The number of hydrogen-bond acceptors (Lipinski definition) is 2.